The smallest absolute Gasteiger partial charge is 0.192 e. The number of aromatic nitrogens is 1. The first-order chi connectivity index (χ1) is 4.74. The van der Waals surface area contributed by atoms with Crippen molar-refractivity contribution in [1.82, 2.24) is 0 Å². The fourth-order valence-corrected chi connectivity index (χ4v) is 1.60. The van der Waals surface area contributed by atoms with Crippen LogP contribution in [0.15, 0.2) is 27.4 Å². The molecule has 1 aromatic rings. The van der Waals surface area contributed by atoms with Gasteiger partial charge in [0.1, 0.15) is 6.54 Å². The van der Waals surface area contributed by atoms with Crippen LogP contribution in [-0.4, -0.2) is 0 Å². The maximum absolute atomic E-state index is 3.43. The van der Waals surface area contributed by atoms with E-state index in [-0.39, 0.29) is 0 Å². The zero-order chi connectivity index (χ0) is 7.56. The normalized spacial score (nSPS) is 9.90. The van der Waals surface area contributed by atoms with Gasteiger partial charge in [-0.25, -0.2) is 0 Å². The lowest BCUT2D eigenvalue weighted by molar-refractivity contribution is -0.704. The molecule has 0 N–H and O–H groups in total. The Labute approximate surface area is 77.3 Å². The molecule has 1 aromatic heterocycles. The molecule has 1 rings (SSSR count). The number of nitrogens with zero attached hydrogens (tertiary/aromatic N) is 1. The second-order valence-electron chi connectivity index (χ2n) is 1.96. The molecule has 0 saturated carbocycles. The third kappa shape index (κ3) is 1.80. The Morgan fingerprint density at radius 2 is 2.10 bits per heavy atom. The fraction of sp³-hybridized carbons (Fsp3) is 0.286. The standard InChI is InChI=1S/C7H8Br2N/c1-2-10-5-6(8)3-4-7(10)9/h3-5H,2H2,1H3/q+1/i8+1,9+1. The minimum Gasteiger partial charge on any atom is -0.192 e. The number of pyridine rings is 1. The molecule has 0 saturated heterocycles. The van der Waals surface area contributed by atoms with Gasteiger partial charge in [0.2, 0.25) is 4.60 Å². The lowest BCUT2D eigenvalue weighted by Crippen LogP contribution is -2.33. The van der Waals surface area contributed by atoms with Crippen LogP contribution in [0.3, 0.4) is 0 Å². The van der Waals surface area contributed by atoms with E-state index in [4.69, 9.17) is 0 Å². The van der Waals surface area contributed by atoms with Gasteiger partial charge < -0.3 is 0 Å². The predicted molar refractivity (Wildman–Crippen MR) is 47.7 cm³/mol. The van der Waals surface area contributed by atoms with Gasteiger partial charge in [0.15, 0.2) is 6.20 Å². The number of hydrogen-bond donors (Lipinski definition) is 0. The molecule has 0 aromatic carbocycles. The summed E-state index contributed by atoms with van der Waals surface area (Å²) >= 11 is 6.83. The van der Waals surface area contributed by atoms with Crippen molar-refractivity contribution in [2.75, 3.05) is 0 Å². The van der Waals surface area contributed by atoms with E-state index in [9.17, 15) is 0 Å². The van der Waals surface area contributed by atoms with Crippen LogP contribution in [-0.2, 0) is 6.54 Å². The van der Waals surface area contributed by atoms with E-state index >= 15 is 0 Å². The maximum Gasteiger partial charge on any atom is 0.247 e. The minimum atomic E-state index is 0.986. The van der Waals surface area contributed by atoms with Crippen molar-refractivity contribution < 1.29 is 4.57 Å². The molecule has 0 aliphatic carbocycles. The highest BCUT2D eigenvalue weighted by Gasteiger charge is 2.03. The van der Waals surface area contributed by atoms with Gasteiger partial charge in [-0.3, -0.25) is 0 Å². The molecule has 0 spiro atoms. The van der Waals surface area contributed by atoms with E-state index in [0.717, 1.165) is 15.6 Å². The van der Waals surface area contributed by atoms with Gasteiger partial charge in [-0.1, -0.05) is 0 Å². The Morgan fingerprint density at radius 3 is 2.60 bits per heavy atom. The summed E-state index contributed by atoms with van der Waals surface area (Å²) in [6.45, 7) is 3.09. The topological polar surface area (TPSA) is 3.88 Å². The predicted octanol–water partition coefficient (Wildman–Crippen LogP) is 2.52. The number of rotatable bonds is 1. The summed E-state index contributed by atoms with van der Waals surface area (Å²) in [6, 6.07) is 4.03. The van der Waals surface area contributed by atoms with Crippen LogP contribution in [0.1, 0.15) is 6.92 Å². The van der Waals surface area contributed by atoms with E-state index in [0.29, 0.717) is 0 Å². The first-order valence-corrected chi connectivity index (χ1v) is 4.67. The highest BCUT2D eigenvalue weighted by atomic mass is 80.9. The molecule has 0 fully saturated rings. The third-order valence-corrected chi connectivity index (χ3v) is 2.46. The quantitative estimate of drug-likeness (QED) is 0.544. The van der Waals surface area contributed by atoms with Crippen molar-refractivity contribution in [2.24, 2.45) is 0 Å². The second-order valence-corrected chi connectivity index (χ2v) is 3.68. The fourth-order valence-electron chi connectivity index (χ4n) is 0.740. The van der Waals surface area contributed by atoms with Crippen molar-refractivity contribution in [2.45, 2.75) is 13.5 Å². The highest BCUT2D eigenvalue weighted by molar-refractivity contribution is 9.10. The third-order valence-electron chi connectivity index (χ3n) is 1.27. The van der Waals surface area contributed by atoms with E-state index in [2.05, 4.69) is 43.4 Å². The van der Waals surface area contributed by atoms with Crippen LogP contribution in [0, 0.1) is 0 Å². The molecule has 3 heteroatoms. The average Bonchev–Trinajstić information content (AvgIpc) is 1.94. The molecule has 10 heavy (non-hydrogen) atoms. The maximum atomic E-state index is 3.43. The molecular formula is C7H8Br2N+. The van der Waals surface area contributed by atoms with Crippen LogP contribution >= 0.6 is 31.9 Å². The molecule has 0 atom stereocenters. The molecule has 0 aliphatic rings. The van der Waals surface area contributed by atoms with E-state index in [1.54, 1.807) is 0 Å². The van der Waals surface area contributed by atoms with Crippen molar-refractivity contribution >= 4 is 31.9 Å². The number of aryl methyl sites for hydroxylation is 1. The highest BCUT2D eigenvalue weighted by Crippen LogP contribution is 2.09. The Kier molecular flexibility index (Phi) is 2.86. The first-order valence-electron chi connectivity index (χ1n) is 3.08. The van der Waals surface area contributed by atoms with Crippen LogP contribution in [0.4, 0.5) is 0 Å². The lowest BCUT2D eigenvalue weighted by atomic mass is 10.5. The molecular weight excluding hydrogens is 260 g/mol. The summed E-state index contributed by atoms with van der Waals surface area (Å²) in [4.78, 5) is 0. The van der Waals surface area contributed by atoms with E-state index < -0.39 is 0 Å². The van der Waals surface area contributed by atoms with Crippen LogP contribution < -0.4 is 4.57 Å². The molecule has 1 nitrogen and oxygen atoms in total. The van der Waals surface area contributed by atoms with E-state index in [1.165, 1.54) is 0 Å². The second kappa shape index (κ2) is 3.49. The summed E-state index contributed by atoms with van der Waals surface area (Å²) in [5, 5.41) is 0. The van der Waals surface area contributed by atoms with Crippen LogP contribution in [0.5, 0.6) is 0 Å². The summed E-state index contributed by atoms with van der Waals surface area (Å²) in [5.74, 6) is 0. The van der Waals surface area contributed by atoms with Gasteiger partial charge in [0.25, 0.3) is 0 Å². The summed E-state index contributed by atoms with van der Waals surface area (Å²) < 4.78 is 4.33. The lowest BCUT2D eigenvalue weighted by Gasteiger charge is -1.93. The summed E-state index contributed by atoms with van der Waals surface area (Å²) in [5.41, 5.74) is 0. The van der Waals surface area contributed by atoms with Gasteiger partial charge in [0.05, 0.1) is 4.47 Å². The first kappa shape index (κ1) is 8.21. The van der Waals surface area contributed by atoms with Crippen LogP contribution in [0.2, 0.25) is 0 Å². The monoisotopic (exact) mass is 268 g/mol. The molecule has 0 aliphatic heterocycles. The molecule has 0 radical (unpaired) electrons. The van der Waals surface area contributed by atoms with Crippen molar-refractivity contribution in [3.05, 3.63) is 27.4 Å². The van der Waals surface area contributed by atoms with Gasteiger partial charge >= 0.3 is 0 Å². The Balaban J connectivity index is 3.09. The Morgan fingerprint density at radius 1 is 1.40 bits per heavy atom. The molecule has 1 heterocycles. The van der Waals surface area contributed by atoms with Crippen LogP contribution in [0.25, 0.3) is 0 Å². The van der Waals surface area contributed by atoms with Gasteiger partial charge in [-0.2, -0.15) is 4.57 Å². The van der Waals surface area contributed by atoms with Crippen molar-refractivity contribution in [3.8, 4) is 0 Å². The van der Waals surface area contributed by atoms with Gasteiger partial charge in [-0.15, -0.1) is 0 Å². The molecule has 0 unspecified atom stereocenters. The Bertz CT molecular complexity index is 235. The molecule has 0 amide bonds. The number of hydrogen-bond acceptors (Lipinski definition) is 0. The van der Waals surface area contributed by atoms with Crippen molar-refractivity contribution in [1.29, 1.82) is 0 Å². The zero-order valence-corrected chi connectivity index (χ0v) is 8.81. The SMILES string of the molecule is CC[n+]1cc([81Br])ccc1[81Br]. The average molecular weight is 268 g/mol. The summed E-state index contributed by atoms with van der Waals surface area (Å²) in [6.07, 6.45) is 2.05. The van der Waals surface area contributed by atoms with E-state index in [1.807, 2.05) is 18.3 Å². The van der Waals surface area contributed by atoms with Gasteiger partial charge in [-0.05, 0) is 28.9 Å². The largest absolute Gasteiger partial charge is 0.247 e. The van der Waals surface area contributed by atoms with Gasteiger partial charge in [0, 0.05) is 22.0 Å². The Hall–Kier alpha value is 0.110. The minimum absolute atomic E-state index is 0.986. The molecule has 54 valence electrons. The number of halogens is 2. The summed E-state index contributed by atoms with van der Waals surface area (Å²) in [7, 11) is 0. The zero-order valence-electron chi connectivity index (χ0n) is 5.64. The molecule has 0 bridgehead atoms. The van der Waals surface area contributed by atoms with Crippen molar-refractivity contribution in [3.63, 3.8) is 0 Å².